The summed E-state index contributed by atoms with van der Waals surface area (Å²) in [5, 5.41) is 2.90. The third-order valence-electron chi connectivity index (χ3n) is 4.47. The number of methoxy groups -OCH3 is 1. The number of carbonyl (C=O) groups excluding carboxylic acids is 2. The molecule has 1 aromatic rings. The molecule has 6 heteroatoms. The van der Waals surface area contributed by atoms with Crippen molar-refractivity contribution in [2.24, 2.45) is 0 Å². The number of rotatable bonds is 4. The molecule has 0 bridgehead atoms. The van der Waals surface area contributed by atoms with E-state index in [2.05, 4.69) is 5.32 Å². The van der Waals surface area contributed by atoms with Crippen LogP contribution in [0.15, 0.2) is 12.1 Å². The van der Waals surface area contributed by atoms with Gasteiger partial charge in [0.2, 0.25) is 0 Å². The Kier molecular flexibility index (Phi) is 6.67. The quantitative estimate of drug-likeness (QED) is 0.911. The average Bonchev–Trinajstić information content (AvgIpc) is 2.84. The summed E-state index contributed by atoms with van der Waals surface area (Å²) in [6, 6.07) is 3.85. The van der Waals surface area contributed by atoms with Crippen molar-refractivity contribution in [1.82, 2.24) is 15.1 Å². The lowest BCUT2D eigenvalue weighted by Gasteiger charge is -2.24. The minimum absolute atomic E-state index is 0.0230. The van der Waals surface area contributed by atoms with Gasteiger partial charge in [-0.2, -0.15) is 0 Å². The molecule has 1 N–H and O–H groups in total. The van der Waals surface area contributed by atoms with E-state index in [1.807, 2.05) is 37.8 Å². The molecule has 2 rings (SSSR count). The maximum absolute atomic E-state index is 13.0. The Labute approximate surface area is 150 Å². The molecule has 0 saturated carbocycles. The zero-order valence-electron chi connectivity index (χ0n) is 15.7. The molecule has 0 atom stereocenters. The number of urea groups is 1. The van der Waals surface area contributed by atoms with Crippen molar-refractivity contribution in [1.29, 1.82) is 0 Å². The van der Waals surface area contributed by atoms with Gasteiger partial charge in [-0.15, -0.1) is 0 Å². The van der Waals surface area contributed by atoms with Crippen LogP contribution >= 0.6 is 0 Å². The summed E-state index contributed by atoms with van der Waals surface area (Å²) in [4.78, 5) is 28.8. The van der Waals surface area contributed by atoms with Gasteiger partial charge in [0.25, 0.3) is 5.91 Å². The smallest absolute Gasteiger partial charge is 0.317 e. The molecule has 0 unspecified atom stereocenters. The number of ether oxygens (including phenoxy) is 1. The predicted molar refractivity (Wildman–Crippen MR) is 98.3 cm³/mol. The van der Waals surface area contributed by atoms with Crippen molar-refractivity contribution in [3.63, 3.8) is 0 Å². The maximum atomic E-state index is 13.0. The number of nitrogens with zero attached hydrogens (tertiary/aromatic N) is 2. The summed E-state index contributed by atoms with van der Waals surface area (Å²) in [6.07, 6.45) is 1.69. The number of benzene rings is 1. The summed E-state index contributed by atoms with van der Waals surface area (Å²) in [7, 11) is 1.59. The van der Waals surface area contributed by atoms with Crippen LogP contribution < -0.4 is 10.1 Å². The number of hydrogen-bond acceptors (Lipinski definition) is 3. The molecule has 25 heavy (non-hydrogen) atoms. The van der Waals surface area contributed by atoms with E-state index in [0.29, 0.717) is 44.0 Å². The molecule has 1 aliphatic rings. The zero-order chi connectivity index (χ0) is 18.4. The van der Waals surface area contributed by atoms with Gasteiger partial charge < -0.3 is 19.9 Å². The SMILES string of the molecule is CCCNC(=O)N1CCCN(C(=O)c2c(C)cc(C)cc2OC)CC1. The van der Waals surface area contributed by atoms with E-state index in [1.54, 1.807) is 12.0 Å². The molecular formula is C19H29N3O3. The summed E-state index contributed by atoms with van der Waals surface area (Å²) in [5.41, 5.74) is 2.61. The summed E-state index contributed by atoms with van der Waals surface area (Å²) < 4.78 is 5.43. The van der Waals surface area contributed by atoms with Crippen LogP contribution in [-0.2, 0) is 0 Å². The largest absolute Gasteiger partial charge is 0.496 e. The van der Waals surface area contributed by atoms with Gasteiger partial charge in [-0.25, -0.2) is 4.79 Å². The molecule has 1 heterocycles. The molecule has 1 saturated heterocycles. The normalized spacial score (nSPS) is 14.9. The first-order valence-electron chi connectivity index (χ1n) is 8.95. The lowest BCUT2D eigenvalue weighted by molar-refractivity contribution is 0.0758. The van der Waals surface area contributed by atoms with Crippen molar-refractivity contribution < 1.29 is 14.3 Å². The molecule has 1 aromatic carbocycles. The molecule has 1 aliphatic heterocycles. The first kappa shape index (κ1) is 19.1. The van der Waals surface area contributed by atoms with Gasteiger partial charge in [0.05, 0.1) is 12.7 Å². The number of nitrogens with one attached hydrogen (secondary N) is 1. The zero-order valence-corrected chi connectivity index (χ0v) is 15.7. The van der Waals surface area contributed by atoms with Crippen LogP contribution in [0.2, 0.25) is 0 Å². The van der Waals surface area contributed by atoms with Gasteiger partial charge in [0.15, 0.2) is 0 Å². The third-order valence-corrected chi connectivity index (χ3v) is 4.47. The molecule has 138 valence electrons. The topological polar surface area (TPSA) is 61.9 Å². The van der Waals surface area contributed by atoms with Gasteiger partial charge in [-0.05, 0) is 43.9 Å². The molecule has 0 radical (unpaired) electrons. The minimum atomic E-state index is -0.0414. The van der Waals surface area contributed by atoms with Gasteiger partial charge in [0, 0.05) is 32.7 Å². The van der Waals surface area contributed by atoms with Crippen molar-refractivity contribution >= 4 is 11.9 Å². The van der Waals surface area contributed by atoms with E-state index >= 15 is 0 Å². The van der Waals surface area contributed by atoms with E-state index in [1.165, 1.54) is 0 Å². The molecule has 0 spiro atoms. The van der Waals surface area contributed by atoms with Crippen LogP contribution in [0.25, 0.3) is 0 Å². The average molecular weight is 347 g/mol. The predicted octanol–water partition coefficient (Wildman–Crippen LogP) is 2.58. The van der Waals surface area contributed by atoms with Crippen LogP contribution in [0.1, 0.15) is 41.3 Å². The van der Waals surface area contributed by atoms with Crippen molar-refractivity contribution in [2.75, 3.05) is 39.8 Å². The van der Waals surface area contributed by atoms with Gasteiger partial charge in [0.1, 0.15) is 5.75 Å². The van der Waals surface area contributed by atoms with E-state index in [9.17, 15) is 9.59 Å². The third kappa shape index (κ3) is 4.65. The van der Waals surface area contributed by atoms with Crippen molar-refractivity contribution in [2.45, 2.75) is 33.6 Å². The number of amides is 3. The Bertz CT molecular complexity index is 631. The van der Waals surface area contributed by atoms with Crippen LogP contribution in [0, 0.1) is 13.8 Å². The van der Waals surface area contributed by atoms with Crippen molar-refractivity contribution in [3.8, 4) is 5.75 Å². The number of hydrogen-bond donors (Lipinski definition) is 1. The highest BCUT2D eigenvalue weighted by molar-refractivity contribution is 5.98. The van der Waals surface area contributed by atoms with E-state index in [-0.39, 0.29) is 11.9 Å². The highest BCUT2D eigenvalue weighted by Gasteiger charge is 2.25. The molecular weight excluding hydrogens is 318 g/mol. The van der Waals surface area contributed by atoms with Gasteiger partial charge >= 0.3 is 6.03 Å². The number of carbonyl (C=O) groups is 2. The molecule has 3 amide bonds. The molecule has 6 nitrogen and oxygen atoms in total. The lowest BCUT2D eigenvalue weighted by Crippen LogP contribution is -2.42. The van der Waals surface area contributed by atoms with E-state index in [4.69, 9.17) is 4.74 Å². The Hall–Kier alpha value is -2.24. The number of aryl methyl sites for hydroxylation is 2. The molecule has 1 fully saturated rings. The van der Waals surface area contributed by atoms with Gasteiger partial charge in [-0.1, -0.05) is 13.0 Å². The second-order valence-electron chi connectivity index (χ2n) is 6.52. The fourth-order valence-electron chi connectivity index (χ4n) is 3.19. The van der Waals surface area contributed by atoms with E-state index < -0.39 is 0 Å². The monoisotopic (exact) mass is 347 g/mol. The van der Waals surface area contributed by atoms with Gasteiger partial charge in [-0.3, -0.25) is 4.79 Å². The van der Waals surface area contributed by atoms with Crippen LogP contribution in [-0.4, -0.2) is 61.6 Å². The summed E-state index contributed by atoms with van der Waals surface area (Å²) in [6.45, 7) is 9.03. The first-order chi connectivity index (χ1) is 12.0. The van der Waals surface area contributed by atoms with Crippen LogP contribution in [0.5, 0.6) is 5.75 Å². The van der Waals surface area contributed by atoms with E-state index in [0.717, 1.165) is 24.0 Å². The Morgan fingerprint density at radius 2 is 1.80 bits per heavy atom. The summed E-state index contributed by atoms with van der Waals surface area (Å²) >= 11 is 0. The fourth-order valence-corrected chi connectivity index (χ4v) is 3.19. The van der Waals surface area contributed by atoms with Crippen LogP contribution in [0.3, 0.4) is 0 Å². The fraction of sp³-hybridized carbons (Fsp3) is 0.579. The highest BCUT2D eigenvalue weighted by atomic mass is 16.5. The van der Waals surface area contributed by atoms with Crippen molar-refractivity contribution in [3.05, 3.63) is 28.8 Å². The maximum Gasteiger partial charge on any atom is 0.317 e. The second kappa shape index (κ2) is 8.74. The Morgan fingerprint density at radius 3 is 2.48 bits per heavy atom. The molecule has 0 aromatic heterocycles. The second-order valence-corrected chi connectivity index (χ2v) is 6.52. The summed E-state index contributed by atoms with van der Waals surface area (Å²) in [5.74, 6) is 0.592. The lowest BCUT2D eigenvalue weighted by atomic mass is 10.0. The standard InChI is InChI=1S/C19H29N3O3/c1-5-7-20-19(24)22-9-6-8-21(10-11-22)18(23)17-15(3)12-14(2)13-16(17)25-4/h12-13H,5-11H2,1-4H3,(H,20,24). The first-order valence-corrected chi connectivity index (χ1v) is 8.95. The minimum Gasteiger partial charge on any atom is -0.496 e. The highest BCUT2D eigenvalue weighted by Crippen LogP contribution is 2.26. The molecule has 0 aliphatic carbocycles. The Balaban J connectivity index is 2.10. The van der Waals surface area contributed by atoms with Crippen LogP contribution in [0.4, 0.5) is 4.79 Å². The Morgan fingerprint density at radius 1 is 1.12 bits per heavy atom.